The summed E-state index contributed by atoms with van der Waals surface area (Å²) >= 11 is 0. The minimum atomic E-state index is -0.106. The summed E-state index contributed by atoms with van der Waals surface area (Å²) in [6, 6.07) is 14.6. The third kappa shape index (κ3) is 6.52. The third-order valence-electron chi connectivity index (χ3n) is 4.23. The first kappa shape index (κ1) is 21.1. The molecular weight excluding hydrogens is 352 g/mol. The third-order valence-corrected chi connectivity index (χ3v) is 4.23. The zero-order chi connectivity index (χ0) is 20.4. The Balaban J connectivity index is 1.94. The molecule has 0 saturated heterocycles. The van der Waals surface area contributed by atoms with Crippen molar-refractivity contribution in [1.82, 2.24) is 0 Å². The summed E-state index contributed by atoms with van der Waals surface area (Å²) in [6.07, 6.45) is 6.02. The molecule has 2 aromatic rings. The number of hydrogen-bond acceptors (Lipinski definition) is 4. The fourth-order valence-electron chi connectivity index (χ4n) is 2.56. The van der Waals surface area contributed by atoms with Crippen LogP contribution in [0.4, 0.5) is 11.4 Å². The number of anilines is 2. The smallest absolute Gasteiger partial charge is 0.224 e. The standard InChI is InChI=1S/C23H26N2O3/c1-3-4-5-23(28)24-20-11-9-19(10-12-20)22(27)15-8-18-6-13-21(14-7-18)25(2)16-17-26/h3,6-15,26H,1,4-5,16-17H2,2H3,(H,24,28)/b15-8+. The first-order valence-electron chi connectivity index (χ1n) is 9.18. The zero-order valence-electron chi connectivity index (χ0n) is 16.1. The van der Waals surface area contributed by atoms with Crippen LogP contribution in [-0.2, 0) is 4.79 Å². The molecule has 0 saturated carbocycles. The van der Waals surface area contributed by atoms with E-state index < -0.39 is 0 Å². The minimum absolute atomic E-state index is 0.0769. The zero-order valence-corrected chi connectivity index (χ0v) is 16.1. The lowest BCUT2D eigenvalue weighted by Gasteiger charge is -2.17. The highest BCUT2D eigenvalue weighted by Gasteiger charge is 2.05. The van der Waals surface area contributed by atoms with Gasteiger partial charge < -0.3 is 15.3 Å². The van der Waals surface area contributed by atoms with E-state index in [0.29, 0.717) is 30.6 Å². The van der Waals surface area contributed by atoms with Gasteiger partial charge in [-0.05, 0) is 54.5 Å². The molecule has 0 aromatic heterocycles. The van der Waals surface area contributed by atoms with Gasteiger partial charge in [-0.3, -0.25) is 9.59 Å². The molecule has 0 heterocycles. The molecule has 0 aliphatic carbocycles. The number of ketones is 1. The number of carbonyl (C=O) groups excluding carboxylic acids is 2. The van der Waals surface area contributed by atoms with Gasteiger partial charge >= 0.3 is 0 Å². The van der Waals surface area contributed by atoms with Crippen molar-refractivity contribution in [2.24, 2.45) is 0 Å². The van der Waals surface area contributed by atoms with Crippen molar-refractivity contribution in [2.75, 3.05) is 30.4 Å². The molecule has 0 aliphatic heterocycles. The van der Waals surface area contributed by atoms with Crippen LogP contribution < -0.4 is 10.2 Å². The summed E-state index contributed by atoms with van der Waals surface area (Å²) in [6.45, 7) is 4.26. The molecule has 0 bridgehead atoms. The number of rotatable bonds is 10. The fourth-order valence-corrected chi connectivity index (χ4v) is 2.56. The van der Waals surface area contributed by atoms with Crippen LogP contribution >= 0.6 is 0 Å². The predicted molar refractivity (Wildman–Crippen MR) is 115 cm³/mol. The average Bonchev–Trinajstić information content (AvgIpc) is 2.71. The molecule has 1 amide bonds. The van der Waals surface area contributed by atoms with E-state index in [1.807, 2.05) is 36.2 Å². The molecule has 146 valence electrons. The van der Waals surface area contributed by atoms with Crippen LogP contribution in [0.15, 0.2) is 67.3 Å². The Morgan fingerprint density at radius 3 is 2.39 bits per heavy atom. The Hall–Kier alpha value is -3.18. The lowest BCUT2D eigenvalue weighted by molar-refractivity contribution is -0.116. The number of benzene rings is 2. The second kappa shape index (κ2) is 10.8. The monoisotopic (exact) mass is 378 g/mol. The van der Waals surface area contributed by atoms with Crippen LogP contribution in [0.1, 0.15) is 28.8 Å². The highest BCUT2D eigenvalue weighted by Crippen LogP contribution is 2.15. The van der Waals surface area contributed by atoms with Crippen molar-refractivity contribution < 1.29 is 14.7 Å². The van der Waals surface area contributed by atoms with Gasteiger partial charge in [0.1, 0.15) is 0 Å². The van der Waals surface area contributed by atoms with Crippen molar-refractivity contribution in [2.45, 2.75) is 12.8 Å². The number of amides is 1. The summed E-state index contributed by atoms with van der Waals surface area (Å²) < 4.78 is 0. The maximum atomic E-state index is 12.3. The summed E-state index contributed by atoms with van der Waals surface area (Å²) in [5.41, 5.74) is 3.14. The number of carbonyl (C=O) groups is 2. The molecule has 0 aliphatic rings. The molecule has 28 heavy (non-hydrogen) atoms. The Morgan fingerprint density at radius 1 is 1.11 bits per heavy atom. The second-order valence-electron chi connectivity index (χ2n) is 6.39. The van der Waals surface area contributed by atoms with Gasteiger partial charge in [-0.25, -0.2) is 0 Å². The number of allylic oxidation sites excluding steroid dienone is 2. The predicted octanol–water partition coefficient (Wildman–Crippen LogP) is 3.92. The Bertz CT molecular complexity index is 824. The SMILES string of the molecule is C=CCCC(=O)Nc1ccc(C(=O)/C=C/c2ccc(N(C)CCO)cc2)cc1. The van der Waals surface area contributed by atoms with Crippen molar-refractivity contribution in [3.63, 3.8) is 0 Å². The highest BCUT2D eigenvalue weighted by molar-refractivity contribution is 6.07. The molecule has 0 spiro atoms. The van der Waals surface area contributed by atoms with Crippen LogP contribution in [0.2, 0.25) is 0 Å². The van der Waals surface area contributed by atoms with Crippen LogP contribution in [0.3, 0.4) is 0 Å². The van der Waals surface area contributed by atoms with Gasteiger partial charge in [0.25, 0.3) is 0 Å². The Labute approximate surface area is 166 Å². The van der Waals surface area contributed by atoms with Gasteiger partial charge in [0, 0.05) is 37.0 Å². The quantitative estimate of drug-likeness (QED) is 0.374. The van der Waals surface area contributed by atoms with E-state index in [4.69, 9.17) is 5.11 Å². The molecule has 5 nitrogen and oxygen atoms in total. The summed E-state index contributed by atoms with van der Waals surface area (Å²) in [7, 11) is 1.91. The number of likely N-dealkylation sites (N-methyl/N-ethyl adjacent to an activating group) is 1. The van der Waals surface area contributed by atoms with E-state index in [1.54, 1.807) is 36.4 Å². The van der Waals surface area contributed by atoms with Gasteiger partial charge in [-0.2, -0.15) is 0 Å². The molecule has 0 fully saturated rings. The number of aliphatic hydroxyl groups is 1. The first-order chi connectivity index (χ1) is 13.5. The second-order valence-corrected chi connectivity index (χ2v) is 6.39. The molecule has 0 atom stereocenters. The van der Waals surface area contributed by atoms with Crippen LogP contribution in [0.25, 0.3) is 6.08 Å². The van der Waals surface area contributed by atoms with Gasteiger partial charge in [0.05, 0.1) is 6.61 Å². The maximum absolute atomic E-state index is 12.3. The topological polar surface area (TPSA) is 69.6 Å². The molecule has 5 heteroatoms. The van der Waals surface area contributed by atoms with Gasteiger partial charge in [-0.1, -0.05) is 24.3 Å². The Morgan fingerprint density at radius 2 is 1.79 bits per heavy atom. The lowest BCUT2D eigenvalue weighted by Crippen LogP contribution is -2.20. The van der Waals surface area contributed by atoms with E-state index >= 15 is 0 Å². The van der Waals surface area contributed by atoms with Crippen LogP contribution in [-0.4, -0.2) is 37.0 Å². The molecule has 0 unspecified atom stereocenters. The van der Waals surface area contributed by atoms with Crippen molar-refractivity contribution in [3.8, 4) is 0 Å². The number of nitrogens with zero attached hydrogens (tertiary/aromatic N) is 1. The molecule has 2 N–H and O–H groups in total. The highest BCUT2D eigenvalue weighted by atomic mass is 16.3. The number of nitrogens with one attached hydrogen (secondary N) is 1. The fraction of sp³-hybridized carbons (Fsp3) is 0.217. The van der Waals surface area contributed by atoms with Gasteiger partial charge in [0.2, 0.25) is 5.91 Å². The van der Waals surface area contributed by atoms with Gasteiger partial charge in [-0.15, -0.1) is 6.58 Å². The molecular formula is C23H26N2O3. The van der Waals surface area contributed by atoms with Crippen LogP contribution in [0.5, 0.6) is 0 Å². The lowest BCUT2D eigenvalue weighted by atomic mass is 10.1. The van der Waals surface area contributed by atoms with E-state index in [-0.39, 0.29) is 18.3 Å². The van der Waals surface area contributed by atoms with E-state index in [0.717, 1.165) is 11.3 Å². The average molecular weight is 378 g/mol. The van der Waals surface area contributed by atoms with Crippen molar-refractivity contribution >= 4 is 29.1 Å². The summed E-state index contributed by atoms with van der Waals surface area (Å²) in [5.74, 6) is -0.182. The maximum Gasteiger partial charge on any atom is 0.224 e. The van der Waals surface area contributed by atoms with Gasteiger partial charge in [0.15, 0.2) is 5.78 Å². The first-order valence-corrected chi connectivity index (χ1v) is 9.18. The molecule has 2 aromatic carbocycles. The van der Waals surface area contributed by atoms with Crippen molar-refractivity contribution in [1.29, 1.82) is 0 Å². The largest absolute Gasteiger partial charge is 0.395 e. The minimum Gasteiger partial charge on any atom is -0.395 e. The Kier molecular flexibility index (Phi) is 8.18. The molecule has 0 radical (unpaired) electrons. The normalized spacial score (nSPS) is 10.6. The van der Waals surface area contributed by atoms with Crippen LogP contribution in [0, 0.1) is 0 Å². The summed E-state index contributed by atoms with van der Waals surface area (Å²) in [4.78, 5) is 26.0. The van der Waals surface area contributed by atoms with E-state index in [2.05, 4.69) is 11.9 Å². The van der Waals surface area contributed by atoms with E-state index in [1.165, 1.54) is 6.08 Å². The number of hydrogen-bond donors (Lipinski definition) is 2. The number of aliphatic hydroxyl groups excluding tert-OH is 1. The summed E-state index contributed by atoms with van der Waals surface area (Å²) in [5, 5.41) is 11.8. The van der Waals surface area contributed by atoms with E-state index in [9.17, 15) is 9.59 Å². The van der Waals surface area contributed by atoms with Crippen molar-refractivity contribution in [3.05, 3.63) is 78.4 Å². The molecule has 2 rings (SSSR count).